The van der Waals surface area contributed by atoms with Crippen molar-refractivity contribution in [2.45, 2.75) is 25.8 Å². The highest BCUT2D eigenvalue weighted by Crippen LogP contribution is 2.34. The van der Waals surface area contributed by atoms with Gasteiger partial charge in [0.05, 0.1) is 12.3 Å². The Balaban J connectivity index is 1.76. The zero-order valence-electron chi connectivity index (χ0n) is 11.9. The van der Waals surface area contributed by atoms with Crippen LogP contribution in [-0.4, -0.2) is 27.7 Å². The van der Waals surface area contributed by atoms with Gasteiger partial charge in [-0.1, -0.05) is 6.92 Å². The van der Waals surface area contributed by atoms with Crippen molar-refractivity contribution in [2.24, 2.45) is 5.92 Å². The first kappa shape index (κ1) is 13.6. The normalized spacial score (nSPS) is 22.0. The summed E-state index contributed by atoms with van der Waals surface area (Å²) in [5.41, 5.74) is 0. The van der Waals surface area contributed by atoms with Crippen LogP contribution in [-0.2, 0) is 0 Å². The Morgan fingerprint density at radius 2 is 2.33 bits per heavy atom. The van der Waals surface area contributed by atoms with Gasteiger partial charge in [0.25, 0.3) is 0 Å². The number of rotatable bonds is 2. The zero-order valence-corrected chi connectivity index (χ0v) is 11.9. The van der Waals surface area contributed by atoms with Crippen LogP contribution in [0.15, 0.2) is 41.1 Å². The number of urea groups is 1. The lowest BCUT2D eigenvalue weighted by Crippen LogP contribution is -2.43. The lowest BCUT2D eigenvalue weighted by atomic mass is 9.91. The van der Waals surface area contributed by atoms with E-state index in [1.54, 1.807) is 24.6 Å². The lowest BCUT2D eigenvalue weighted by Gasteiger charge is -2.37. The van der Waals surface area contributed by atoms with Crippen molar-refractivity contribution >= 4 is 11.8 Å². The van der Waals surface area contributed by atoms with E-state index in [0.29, 0.717) is 18.3 Å². The second-order valence-electron chi connectivity index (χ2n) is 5.39. The summed E-state index contributed by atoms with van der Waals surface area (Å²) in [5, 5.41) is 10.4. The number of hydrogen-bond acceptors (Lipinski definition) is 4. The number of amides is 2. The van der Waals surface area contributed by atoms with Crippen LogP contribution in [0.5, 0.6) is 0 Å². The Kier molecular flexibility index (Phi) is 3.85. The second kappa shape index (κ2) is 5.95. The molecule has 0 aromatic carbocycles. The number of anilines is 1. The fourth-order valence-electron chi connectivity index (χ4n) is 2.68. The predicted molar refractivity (Wildman–Crippen MR) is 77.6 cm³/mol. The Bertz CT molecular complexity index is 585. The predicted octanol–water partition coefficient (Wildman–Crippen LogP) is 3.07. The molecule has 0 spiro atoms. The largest absolute Gasteiger partial charge is 0.467 e. The number of hydrogen-bond donors (Lipinski definition) is 1. The van der Waals surface area contributed by atoms with Gasteiger partial charge in [0.15, 0.2) is 5.82 Å². The molecule has 1 fully saturated rings. The van der Waals surface area contributed by atoms with E-state index in [1.807, 2.05) is 17.0 Å². The van der Waals surface area contributed by atoms with Gasteiger partial charge in [-0.05, 0) is 43.0 Å². The van der Waals surface area contributed by atoms with E-state index in [0.717, 1.165) is 18.6 Å². The highest BCUT2D eigenvalue weighted by atomic mass is 16.3. The summed E-state index contributed by atoms with van der Waals surface area (Å²) in [4.78, 5) is 14.3. The van der Waals surface area contributed by atoms with E-state index in [4.69, 9.17) is 4.42 Å². The standard InChI is InChI=1S/C15H18N4O2/c1-11-6-8-19(12(10-11)13-4-3-9-21-13)15(20)17-14-5-2-7-16-18-14/h2-5,7,9,11-12H,6,8,10H2,1H3,(H,17,18,20)/t11-,12-/m1/s1. The molecule has 0 unspecified atom stereocenters. The molecule has 1 N–H and O–H groups in total. The summed E-state index contributed by atoms with van der Waals surface area (Å²) in [6, 6.07) is 7.05. The van der Waals surface area contributed by atoms with Gasteiger partial charge in [-0.2, -0.15) is 5.10 Å². The van der Waals surface area contributed by atoms with Crippen LogP contribution in [0.1, 0.15) is 31.6 Å². The van der Waals surface area contributed by atoms with Crippen LogP contribution in [0, 0.1) is 5.92 Å². The third kappa shape index (κ3) is 3.04. The first-order chi connectivity index (χ1) is 10.2. The number of likely N-dealkylation sites (tertiary alicyclic amines) is 1. The van der Waals surface area contributed by atoms with E-state index >= 15 is 0 Å². The highest BCUT2D eigenvalue weighted by molar-refractivity contribution is 5.88. The zero-order chi connectivity index (χ0) is 14.7. The van der Waals surface area contributed by atoms with Crippen molar-refractivity contribution in [3.05, 3.63) is 42.5 Å². The van der Waals surface area contributed by atoms with Crippen LogP contribution < -0.4 is 5.32 Å². The molecule has 21 heavy (non-hydrogen) atoms. The molecule has 0 saturated carbocycles. The molecule has 1 saturated heterocycles. The number of furan rings is 1. The highest BCUT2D eigenvalue weighted by Gasteiger charge is 2.32. The van der Waals surface area contributed by atoms with Crippen molar-refractivity contribution in [2.75, 3.05) is 11.9 Å². The van der Waals surface area contributed by atoms with Crippen LogP contribution >= 0.6 is 0 Å². The fourth-order valence-corrected chi connectivity index (χ4v) is 2.68. The quantitative estimate of drug-likeness (QED) is 0.921. The third-order valence-corrected chi connectivity index (χ3v) is 3.80. The molecule has 3 rings (SSSR count). The van der Waals surface area contributed by atoms with Gasteiger partial charge in [-0.25, -0.2) is 4.79 Å². The fraction of sp³-hybridized carbons (Fsp3) is 0.400. The molecule has 3 heterocycles. The average Bonchev–Trinajstić information content (AvgIpc) is 3.02. The molecule has 110 valence electrons. The molecule has 0 aliphatic carbocycles. The van der Waals surface area contributed by atoms with Crippen molar-refractivity contribution in [3.8, 4) is 0 Å². The Hall–Kier alpha value is -2.37. The maximum Gasteiger partial charge on any atom is 0.323 e. The Labute approximate surface area is 123 Å². The minimum Gasteiger partial charge on any atom is -0.467 e. The van der Waals surface area contributed by atoms with Gasteiger partial charge in [-0.3, -0.25) is 5.32 Å². The van der Waals surface area contributed by atoms with Crippen LogP contribution in [0.4, 0.5) is 10.6 Å². The maximum atomic E-state index is 12.5. The summed E-state index contributed by atoms with van der Waals surface area (Å²) in [5.74, 6) is 1.86. The Morgan fingerprint density at radius 3 is 3.05 bits per heavy atom. The van der Waals surface area contributed by atoms with Crippen LogP contribution in [0.3, 0.4) is 0 Å². The number of carbonyl (C=O) groups is 1. The van der Waals surface area contributed by atoms with E-state index in [1.165, 1.54) is 0 Å². The topological polar surface area (TPSA) is 71.3 Å². The number of nitrogens with one attached hydrogen (secondary N) is 1. The molecule has 1 aliphatic rings. The summed E-state index contributed by atoms with van der Waals surface area (Å²) < 4.78 is 5.50. The van der Waals surface area contributed by atoms with Crippen LogP contribution in [0.2, 0.25) is 0 Å². The summed E-state index contributed by atoms with van der Waals surface area (Å²) in [7, 11) is 0. The maximum absolute atomic E-state index is 12.5. The minimum atomic E-state index is -0.163. The molecule has 6 nitrogen and oxygen atoms in total. The summed E-state index contributed by atoms with van der Waals surface area (Å²) in [6.45, 7) is 2.91. The monoisotopic (exact) mass is 286 g/mol. The SMILES string of the molecule is C[C@@H]1CCN(C(=O)Nc2cccnn2)[C@@H](c2ccco2)C1. The van der Waals surface area contributed by atoms with Crippen molar-refractivity contribution in [1.29, 1.82) is 0 Å². The summed E-state index contributed by atoms with van der Waals surface area (Å²) in [6.07, 6.45) is 5.11. The molecule has 6 heteroatoms. The molecule has 2 aromatic rings. The van der Waals surface area contributed by atoms with Gasteiger partial charge in [0.1, 0.15) is 5.76 Å². The number of aromatic nitrogens is 2. The minimum absolute atomic E-state index is 0.0274. The number of piperidine rings is 1. The number of carbonyl (C=O) groups excluding carboxylic acids is 1. The van der Waals surface area contributed by atoms with Gasteiger partial charge >= 0.3 is 6.03 Å². The molecule has 2 amide bonds. The lowest BCUT2D eigenvalue weighted by molar-refractivity contribution is 0.129. The molecule has 0 radical (unpaired) electrons. The summed E-state index contributed by atoms with van der Waals surface area (Å²) >= 11 is 0. The molecular weight excluding hydrogens is 268 g/mol. The van der Waals surface area contributed by atoms with Crippen LogP contribution in [0.25, 0.3) is 0 Å². The average molecular weight is 286 g/mol. The van der Waals surface area contributed by atoms with Gasteiger partial charge in [-0.15, -0.1) is 5.10 Å². The number of nitrogens with zero attached hydrogens (tertiary/aromatic N) is 3. The third-order valence-electron chi connectivity index (χ3n) is 3.80. The second-order valence-corrected chi connectivity index (χ2v) is 5.39. The molecule has 2 atom stereocenters. The first-order valence-corrected chi connectivity index (χ1v) is 7.13. The van der Waals surface area contributed by atoms with Crippen molar-refractivity contribution in [3.63, 3.8) is 0 Å². The van der Waals surface area contributed by atoms with E-state index < -0.39 is 0 Å². The molecule has 1 aliphatic heterocycles. The Morgan fingerprint density at radius 1 is 1.43 bits per heavy atom. The molecule has 0 bridgehead atoms. The van der Waals surface area contributed by atoms with Gasteiger partial charge in [0.2, 0.25) is 0 Å². The van der Waals surface area contributed by atoms with E-state index in [9.17, 15) is 4.79 Å². The van der Waals surface area contributed by atoms with E-state index in [2.05, 4.69) is 22.4 Å². The van der Waals surface area contributed by atoms with Gasteiger partial charge < -0.3 is 9.32 Å². The smallest absolute Gasteiger partial charge is 0.323 e. The van der Waals surface area contributed by atoms with Crippen molar-refractivity contribution < 1.29 is 9.21 Å². The van der Waals surface area contributed by atoms with Gasteiger partial charge in [0, 0.05) is 12.7 Å². The first-order valence-electron chi connectivity index (χ1n) is 7.13. The molecular formula is C15H18N4O2. The van der Waals surface area contributed by atoms with E-state index in [-0.39, 0.29) is 12.1 Å². The van der Waals surface area contributed by atoms with Crippen molar-refractivity contribution in [1.82, 2.24) is 15.1 Å². The molecule has 2 aromatic heterocycles.